The van der Waals surface area contributed by atoms with Gasteiger partial charge in [-0.05, 0) is 48.9 Å². The SMILES string of the molecule is CC(=NOCc1ccc(C2CCCCC2)c(C(F)(F)F)c1)c1ccc(CN2CC(OC(=O)O)C2)c(F)c1. The summed E-state index contributed by atoms with van der Waals surface area (Å²) in [4.78, 5) is 17.7. The van der Waals surface area contributed by atoms with Crippen LogP contribution in [0.5, 0.6) is 0 Å². The summed E-state index contributed by atoms with van der Waals surface area (Å²) < 4.78 is 60.6. The Morgan fingerprint density at radius 3 is 2.49 bits per heavy atom. The van der Waals surface area contributed by atoms with E-state index < -0.39 is 29.8 Å². The van der Waals surface area contributed by atoms with Gasteiger partial charge in [0.1, 0.15) is 18.5 Å². The molecule has 2 aromatic rings. The van der Waals surface area contributed by atoms with Gasteiger partial charge in [0.15, 0.2) is 0 Å². The molecule has 1 N–H and O–H groups in total. The molecule has 2 aromatic carbocycles. The van der Waals surface area contributed by atoms with Crippen LogP contribution in [0.3, 0.4) is 0 Å². The van der Waals surface area contributed by atoms with Crippen molar-refractivity contribution in [3.63, 3.8) is 0 Å². The van der Waals surface area contributed by atoms with Crippen LogP contribution in [0.1, 0.15) is 72.8 Å². The van der Waals surface area contributed by atoms with Crippen LogP contribution in [0.25, 0.3) is 0 Å². The molecule has 0 radical (unpaired) electrons. The lowest BCUT2D eigenvalue weighted by molar-refractivity contribution is -0.138. The molecule has 0 unspecified atom stereocenters. The van der Waals surface area contributed by atoms with E-state index in [1.807, 2.05) is 4.90 Å². The Labute approximate surface area is 212 Å². The summed E-state index contributed by atoms with van der Waals surface area (Å²) in [6.45, 7) is 2.61. The van der Waals surface area contributed by atoms with Crippen LogP contribution in [0, 0.1) is 5.82 Å². The topological polar surface area (TPSA) is 71.4 Å². The van der Waals surface area contributed by atoms with Crippen molar-refractivity contribution in [2.75, 3.05) is 13.1 Å². The van der Waals surface area contributed by atoms with Gasteiger partial charge in [-0.1, -0.05) is 48.7 Å². The van der Waals surface area contributed by atoms with Gasteiger partial charge in [-0.25, -0.2) is 9.18 Å². The zero-order valence-corrected chi connectivity index (χ0v) is 20.6. The quantitative estimate of drug-likeness (QED) is 0.181. The highest BCUT2D eigenvalue weighted by Crippen LogP contribution is 2.41. The number of likely N-dealkylation sites (tertiary alicyclic amines) is 1. The van der Waals surface area contributed by atoms with E-state index in [-0.39, 0.29) is 12.5 Å². The molecule has 0 bridgehead atoms. The van der Waals surface area contributed by atoms with E-state index in [0.717, 1.165) is 38.2 Å². The molecule has 37 heavy (non-hydrogen) atoms. The molecule has 0 atom stereocenters. The molecule has 4 rings (SSSR count). The van der Waals surface area contributed by atoms with Gasteiger partial charge < -0.3 is 14.7 Å². The zero-order chi connectivity index (χ0) is 26.6. The normalized spacial score (nSPS) is 17.9. The molecule has 200 valence electrons. The molecule has 1 aliphatic heterocycles. The third-order valence-electron chi connectivity index (χ3n) is 6.96. The molecule has 0 spiro atoms. The Kier molecular flexibility index (Phi) is 8.36. The number of hydrogen-bond donors (Lipinski definition) is 1. The highest BCUT2D eigenvalue weighted by Gasteiger charge is 2.36. The third kappa shape index (κ3) is 7.00. The average Bonchev–Trinajstić information content (AvgIpc) is 2.83. The minimum atomic E-state index is -4.44. The summed E-state index contributed by atoms with van der Waals surface area (Å²) in [6, 6.07) is 8.99. The summed E-state index contributed by atoms with van der Waals surface area (Å²) in [5, 5.41) is 12.6. The number of nitrogens with zero attached hydrogens (tertiary/aromatic N) is 2. The fraction of sp³-hybridized carbons (Fsp3) is 0.481. The van der Waals surface area contributed by atoms with Gasteiger partial charge in [-0.15, -0.1) is 0 Å². The molecule has 10 heteroatoms. The predicted molar refractivity (Wildman–Crippen MR) is 129 cm³/mol. The number of benzene rings is 2. The molecule has 1 aliphatic carbocycles. The first kappa shape index (κ1) is 26.9. The Balaban J connectivity index is 1.36. The molecule has 2 fully saturated rings. The number of rotatable bonds is 8. The van der Waals surface area contributed by atoms with Crippen LogP contribution in [0.15, 0.2) is 41.6 Å². The van der Waals surface area contributed by atoms with E-state index in [4.69, 9.17) is 9.94 Å². The van der Waals surface area contributed by atoms with E-state index >= 15 is 0 Å². The largest absolute Gasteiger partial charge is 0.506 e. The van der Waals surface area contributed by atoms with Gasteiger partial charge in [-0.2, -0.15) is 13.2 Å². The van der Waals surface area contributed by atoms with Gasteiger partial charge >= 0.3 is 12.3 Å². The Morgan fingerprint density at radius 1 is 1.11 bits per heavy atom. The second kappa shape index (κ2) is 11.5. The molecular weight excluding hydrogens is 492 g/mol. The smallest absolute Gasteiger partial charge is 0.450 e. The van der Waals surface area contributed by atoms with E-state index in [9.17, 15) is 22.4 Å². The van der Waals surface area contributed by atoms with Crippen molar-refractivity contribution in [3.8, 4) is 0 Å². The van der Waals surface area contributed by atoms with E-state index in [2.05, 4.69) is 9.89 Å². The summed E-state index contributed by atoms with van der Waals surface area (Å²) >= 11 is 0. The molecule has 0 amide bonds. The Hall–Kier alpha value is -3.14. The summed E-state index contributed by atoms with van der Waals surface area (Å²) in [6.07, 6.45) is -1.66. The monoisotopic (exact) mass is 522 g/mol. The fourth-order valence-electron chi connectivity index (χ4n) is 4.97. The van der Waals surface area contributed by atoms with Crippen molar-refractivity contribution in [2.45, 2.75) is 70.4 Å². The van der Waals surface area contributed by atoms with Crippen molar-refractivity contribution in [3.05, 3.63) is 70.0 Å². The van der Waals surface area contributed by atoms with Crippen LogP contribution >= 0.6 is 0 Å². The summed E-state index contributed by atoms with van der Waals surface area (Å²) in [5.41, 5.74) is 1.43. The van der Waals surface area contributed by atoms with Gasteiger partial charge in [0.05, 0.1) is 11.3 Å². The lowest BCUT2D eigenvalue weighted by Gasteiger charge is -2.37. The third-order valence-corrected chi connectivity index (χ3v) is 6.96. The van der Waals surface area contributed by atoms with Gasteiger partial charge in [0, 0.05) is 30.8 Å². The fourth-order valence-corrected chi connectivity index (χ4v) is 4.97. The van der Waals surface area contributed by atoms with E-state index in [1.54, 1.807) is 31.2 Å². The van der Waals surface area contributed by atoms with Crippen LogP contribution in [0.2, 0.25) is 0 Å². The average molecular weight is 523 g/mol. The van der Waals surface area contributed by atoms with Crippen molar-refractivity contribution in [2.24, 2.45) is 5.16 Å². The first-order valence-corrected chi connectivity index (χ1v) is 12.4. The van der Waals surface area contributed by atoms with E-state index in [1.165, 1.54) is 6.07 Å². The molecule has 1 saturated carbocycles. The van der Waals surface area contributed by atoms with Crippen LogP contribution < -0.4 is 0 Å². The van der Waals surface area contributed by atoms with Gasteiger partial charge in [0.25, 0.3) is 0 Å². The first-order valence-electron chi connectivity index (χ1n) is 12.4. The maximum atomic E-state index is 14.6. The maximum absolute atomic E-state index is 14.6. The minimum absolute atomic E-state index is 0.0703. The first-order chi connectivity index (χ1) is 17.6. The van der Waals surface area contributed by atoms with Crippen LogP contribution in [0.4, 0.5) is 22.4 Å². The van der Waals surface area contributed by atoms with Crippen LogP contribution in [-0.4, -0.2) is 41.1 Å². The minimum Gasteiger partial charge on any atom is -0.450 e. The highest BCUT2D eigenvalue weighted by molar-refractivity contribution is 5.98. The summed E-state index contributed by atoms with van der Waals surface area (Å²) in [5.74, 6) is -0.512. The second-order valence-corrected chi connectivity index (χ2v) is 9.71. The number of carbonyl (C=O) groups is 1. The Bertz CT molecular complexity index is 1140. The number of hydrogen-bond acceptors (Lipinski definition) is 5. The lowest BCUT2D eigenvalue weighted by Crippen LogP contribution is -2.52. The highest BCUT2D eigenvalue weighted by atomic mass is 19.4. The molecule has 1 saturated heterocycles. The van der Waals surface area contributed by atoms with Crippen molar-refractivity contribution in [1.82, 2.24) is 4.90 Å². The van der Waals surface area contributed by atoms with Gasteiger partial charge in [0.2, 0.25) is 0 Å². The number of oxime groups is 1. The van der Waals surface area contributed by atoms with Crippen molar-refractivity contribution < 1.29 is 37.0 Å². The number of halogens is 4. The molecule has 1 heterocycles. The molecular formula is C27H30F4N2O4. The standard InChI is InChI=1S/C27H30F4N2O4/c1-17(20-8-9-21(25(28)12-20)13-33-14-22(15-33)37-26(34)35)32-36-16-18-7-10-23(19-5-3-2-4-6-19)24(11-18)27(29,30)31/h7-12,19,22H,2-6,13-16H2,1H3,(H,34,35). The van der Waals surface area contributed by atoms with E-state index in [0.29, 0.717) is 47.6 Å². The zero-order valence-electron chi connectivity index (χ0n) is 20.6. The van der Waals surface area contributed by atoms with Crippen molar-refractivity contribution >= 4 is 11.9 Å². The summed E-state index contributed by atoms with van der Waals surface area (Å²) in [7, 11) is 0. The lowest BCUT2D eigenvalue weighted by atomic mass is 9.81. The Morgan fingerprint density at radius 2 is 1.84 bits per heavy atom. The number of carboxylic acid groups (broad SMARTS) is 1. The van der Waals surface area contributed by atoms with Crippen LogP contribution in [-0.2, 0) is 28.9 Å². The second-order valence-electron chi connectivity index (χ2n) is 9.71. The van der Waals surface area contributed by atoms with Gasteiger partial charge in [-0.3, -0.25) is 4.90 Å². The molecule has 0 aromatic heterocycles. The molecule has 6 nitrogen and oxygen atoms in total. The number of alkyl halides is 3. The van der Waals surface area contributed by atoms with Crippen molar-refractivity contribution in [1.29, 1.82) is 0 Å². The predicted octanol–water partition coefficient (Wildman–Crippen LogP) is 6.71. The number of ether oxygens (including phenoxy) is 1. The maximum Gasteiger partial charge on any atom is 0.506 e. The molecule has 2 aliphatic rings.